The standard InChI is InChI=1S/C22H22N4O/c1-16-5-2-6-17(13-16)19-8-3-9-20(25-19)18-7-4-12-26(15-18)22(27)21-14-23-10-11-24-21/h2-3,5-6,8-11,13-14,18H,4,7,12,15H2,1H3. The van der Waals surface area contributed by atoms with Crippen LogP contribution in [0.5, 0.6) is 0 Å². The Morgan fingerprint density at radius 3 is 2.85 bits per heavy atom. The molecule has 1 atom stereocenters. The number of amides is 1. The Kier molecular flexibility index (Phi) is 4.92. The lowest BCUT2D eigenvalue weighted by atomic mass is 9.93. The van der Waals surface area contributed by atoms with Crippen molar-refractivity contribution < 1.29 is 4.79 Å². The van der Waals surface area contributed by atoms with E-state index in [0.29, 0.717) is 12.2 Å². The summed E-state index contributed by atoms with van der Waals surface area (Å²) in [5, 5.41) is 0. The van der Waals surface area contributed by atoms with E-state index in [1.807, 2.05) is 11.0 Å². The molecule has 1 fully saturated rings. The first-order valence-electron chi connectivity index (χ1n) is 9.30. The number of aromatic nitrogens is 3. The molecule has 27 heavy (non-hydrogen) atoms. The fraction of sp³-hybridized carbons (Fsp3) is 0.273. The third kappa shape index (κ3) is 3.87. The van der Waals surface area contributed by atoms with Gasteiger partial charge in [-0.05, 0) is 38.0 Å². The molecule has 5 heteroatoms. The van der Waals surface area contributed by atoms with Crippen molar-refractivity contribution in [1.82, 2.24) is 19.9 Å². The minimum Gasteiger partial charge on any atom is -0.337 e. The number of hydrogen-bond donors (Lipinski definition) is 0. The van der Waals surface area contributed by atoms with Crippen LogP contribution in [0, 0.1) is 6.92 Å². The highest BCUT2D eigenvalue weighted by atomic mass is 16.2. The van der Waals surface area contributed by atoms with Crippen molar-refractivity contribution in [3.05, 3.63) is 78.0 Å². The summed E-state index contributed by atoms with van der Waals surface area (Å²) in [5.41, 5.74) is 4.78. The van der Waals surface area contributed by atoms with Crippen LogP contribution in [-0.4, -0.2) is 38.8 Å². The number of rotatable bonds is 3. The zero-order chi connectivity index (χ0) is 18.6. The van der Waals surface area contributed by atoms with Crippen molar-refractivity contribution in [2.45, 2.75) is 25.7 Å². The number of piperidine rings is 1. The largest absolute Gasteiger partial charge is 0.337 e. The number of benzene rings is 1. The molecule has 3 aromatic rings. The molecule has 3 heterocycles. The molecule has 0 spiro atoms. The van der Waals surface area contributed by atoms with E-state index in [9.17, 15) is 4.79 Å². The van der Waals surface area contributed by atoms with Gasteiger partial charge in [-0.3, -0.25) is 14.8 Å². The lowest BCUT2D eigenvalue weighted by Crippen LogP contribution is -2.39. The zero-order valence-electron chi connectivity index (χ0n) is 15.4. The molecular weight excluding hydrogens is 336 g/mol. The third-order valence-corrected chi connectivity index (χ3v) is 4.99. The summed E-state index contributed by atoms with van der Waals surface area (Å²) in [6.07, 6.45) is 6.67. The minimum absolute atomic E-state index is 0.0531. The van der Waals surface area contributed by atoms with Crippen molar-refractivity contribution in [3.8, 4) is 11.3 Å². The average molecular weight is 358 g/mol. The molecule has 1 aliphatic rings. The van der Waals surface area contributed by atoms with E-state index in [2.05, 4.69) is 53.3 Å². The summed E-state index contributed by atoms with van der Waals surface area (Å²) >= 11 is 0. The molecule has 1 amide bonds. The van der Waals surface area contributed by atoms with Gasteiger partial charge in [-0.1, -0.05) is 29.8 Å². The Hall–Kier alpha value is -3.08. The first kappa shape index (κ1) is 17.3. The minimum atomic E-state index is -0.0531. The van der Waals surface area contributed by atoms with Crippen LogP contribution < -0.4 is 0 Å². The van der Waals surface area contributed by atoms with Crippen LogP contribution in [0.2, 0.25) is 0 Å². The van der Waals surface area contributed by atoms with Crippen molar-refractivity contribution in [2.75, 3.05) is 13.1 Å². The Morgan fingerprint density at radius 1 is 1.15 bits per heavy atom. The summed E-state index contributed by atoms with van der Waals surface area (Å²) in [4.78, 5) is 27.6. The second-order valence-corrected chi connectivity index (χ2v) is 7.00. The first-order valence-corrected chi connectivity index (χ1v) is 9.30. The average Bonchev–Trinajstić information content (AvgIpc) is 2.74. The highest BCUT2D eigenvalue weighted by Crippen LogP contribution is 2.28. The van der Waals surface area contributed by atoms with Crippen molar-refractivity contribution >= 4 is 5.91 Å². The van der Waals surface area contributed by atoms with E-state index in [1.165, 1.54) is 11.8 Å². The molecule has 0 saturated carbocycles. The number of nitrogens with zero attached hydrogens (tertiary/aromatic N) is 4. The molecule has 136 valence electrons. The van der Waals surface area contributed by atoms with Gasteiger partial charge >= 0.3 is 0 Å². The highest BCUT2D eigenvalue weighted by molar-refractivity contribution is 5.92. The van der Waals surface area contributed by atoms with Gasteiger partial charge < -0.3 is 4.90 Å². The monoisotopic (exact) mass is 358 g/mol. The molecule has 1 aliphatic heterocycles. The maximum atomic E-state index is 12.7. The Bertz CT molecular complexity index is 942. The highest BCUT2D eigenvalue weighted by Gasteiger charge is 2.27. The van der Waals surface area contributed by atoms with Crippen molar-refractivity contribution in [3.63, 3.8) is 0 Å². The molecular formula is C22H22N4O. The van der Waals surface area contributed by atoms with Crippen LogP contribution in [0.25, 0.3) is 11.3 Å². The molecule has 0 bridgehead atoms. The van der Waals surface area contributed by atoms with Crippen LogP contribution >= 0.6 is 0 Å². The molecule has 2 aromatic heterocycles. The van der Waals surface area contributed by atoms with E-state index in [1.54, 1.807) is 12.4 Å². The van der Waals surface area contributed by atoms with E-state index < -0.39 is 0 Å². The second-order valence-electron chi connectivity index (χ2n) is 7.00. The predicted molar refractivity (Wildman–Crippen MR) is 104 cm³/mol. The zero-order valence-corrected chi connectivity index (χ0v) is 15.4. The van der Waals surface area contributed by atoms with Crippen LogP contribution in [0.15, 0.2) is 61.1 Å². The number of hydrogen-bond acceptors (Lipinski definition) is 4. The number of likely N-dealkylation sites (tertiary alicyclic amines) is 1. The Labute approximate surface area is 159 Å². The molecule has 0 N–H and O–H groups in total. The quantitative estimate of drug-likeness (QED) is 0.713. The van der Waals surface area contributed by atoms with E-state index in [0.717, 1.165) is 36.3 Å². The summed E-state index contributed by atoms with van der Waals surface area (Å²) in [5.74, 6) is 0.187. The Morgan fingerprint density at radius 2 is 2.04 bits per heavy atom. The summed E-state index contributed by atoms with van der Waals surface area (Å²) < 4.78 is 0. The molecule has 1 unspecified atom stereocenters. The molecule has 1 aromatic carbocycles. The molecule has 0 aliphatic carbocycles. The predicted octanol–water partition coefficient (Wildman–Crippen LogP) is 3.87. The maximum Gasteiger partial charge on any atom is 0.274 e. The molecule has 0 radical (unpaired) electrons. The molecule has 5 nitrogen and oxygen atoms in total. The fourth-order valence-electron chi connectivity index (χ4n) is 3.62. The number of pyridine rings is 1. The maximum absolute atomic E-state index is 12.7. The normalized spacial score (nSPS) is 16.9. The van der Waals surface area contributed by atoms with Gasteiger partial charge in [0.05, 0.1) is 11.9 Å². The molecule has 4 rings (SSSR count). The first-order chi connectivity index (χ1) is 13.2. The van der Waals surface area contributed by atoms with Gasteiger partial charge in [-0.2, -0.15) is 0 Å². The van der Waals surface area contributed by atoms with E-state index in [4.69, 9.17) is 4.98 Å². The van der Waals surface area contributed by atoms with Crippen molar-refractivity contribution in [2.24, 2.45) is 0 Å². The lowest BCUT2D eigenvalue weighted by Gasteiger charge is -2.32. The van der Waals surface area contributed by atoms with Gasteiger partial charge in [0.1, 0.15) is 5.69 Å². The fourth-order valence-corrected chi connectivity index (χ4v) is 3.62. The van der Waals surface area contributed by atoms with Crippen LogP contribution in [-0.2, 0) is 0 Å². The van der Waals surface area contributed by atoms with Gasteiger partial charge in [0.25, 0.3) is 5.91 Å². The van der Waals surface area contributed by atoms with Crippen LogP contribution in [0.4, 0.5) is 0 Å². The van der Waals surface area contributed by atoms with Gasteiger partial charge in [0.2, 0.25) is 0 Å². The number of aryl methyl sites for hydroxylation is 1. The Balaban J connectivity index is 1.55. The summed E-state index contributed by atoms with van der Waals surface area (Å²) in [6, 6.07) is 14.6. The van der Waals surface area contributed by atoms with E-state index >= 15 is 0 Å². The van der Waals surface area contributed by atoms with Gasteiger partial charge in [0, 0.05) is 42.7 Å². The van der Waals surface area contributed by atoms with Crippen LogP contribution in [0.3, 0.4) is 0 Å². The lowest BCUT2D eigenvalue weighted by molar-refractivity contribution is 0.0699. The topological polar surface area (TPSA) is 59.0 Å². The summed E-state index contributed by atoms with van der Waals surface area (Å²) in [7, 11) is 0. The van der Waals surface area contributed by atoms with E-state index in [-0.39, 0.29) is 11.8 Å². The number of carbonyl (C=O) groups excluding carboxylic acids is 1. The SMILES string of the molecule is Cc1cccc(-c2cccc(C3CCCN(C(=O)c4cnccn4)C3)n2)c1. The summed E-state index contributed by atoms with van der Waals surface area (Å²) in [6.45, 7) is 3.51. The smallest absolute Gasteiger partial charge is 0.274 e. The number of carbonyl (C=O) groups is 1. The third-order valence-electron chi connectivity index (χ3n) is 4.99. The second kappa shape index (κ2) is 7.66. The van der Waals surface area contributed by atoms with Crippen LogP contribution in [0.1, 0.15) is 40.5 Å². The molecule has 1 saturated heterocycles. The van der Waals surface area contributed by atoms with Crippen molar-refractivity contribution in [1.29, 1.82) is 0 Å². The van der Waals surface area contributed by atoms with Gasteiger partial charge in [0.15, 0.2) is 0 Å². The van der Waals surface area contributed by atoms with Gasteiger partial charge in [-0.25, -0.2) is 4.98 Å². The van der Waals surface area contributed by atoms with Gasteiger partial charge in [-0.15, -0.1) is 0 Å².